The second kappa shape index (κ2) is 7.46. The number of halogens is 2. The van der Waals surface area contributed by atoms with Crippen molar-refractivity contribution in [3.8, 4) is 0 Å². The molecule has 0 aromatic heterocycles. The van der Waals surface area contributed by atoms with Crippen molar-refractivity contribution in [2.24, 2.45) is 4.99 Å². The van der Waals surface area contributed by atoms with Crippen molar-refractivity contribution in [3.63, 3.8) is 0 Å². The summed E-state index contributed by atoms with van der Waals surface area (Å²) in [6.45, 7) is 4.03. The fraction of sp³-hybridized carbons (Fsp3) is 0.350. The van der Waals surface area contributed by atoms with Crippen LogP contribution in [-0.4, -0.2) is 37.2 Å². The van der Waals surface area contributed by atoms with Crippen LogP contribution in [0.25, 0.3) is 0 Å². The fourth-order valence-corrected chi connectivity index (χ4v) is 6.95. The van der Waals surface area contributed by atoms with Gasteiger partial charge in [0.25, 0.3) is 0 Å². The molecule has 2 aliphatic rings. The zero-order valence-electron chi connectivity index (χ0n) is 15.5. The van der Waals surface area contributed by atoms with Gasteiger partial charge in [0.1, 0.15) is 5.82 Å². The molecule has 2 heterocycles. The van der Waals surface area contributed by atoms with Gasteiger partial charge < -0.3 is 4.90 Å². The zero-order chi connectivity index (χ0) is 20.1. The van der Waals surface area contributed by atoms with Crippen molar-refractivity contribution in [1.29, 1.82) is 0 Å². The number of hydrogen-bond donors (Lipinski definition) is 0. The Morgan fingerprint density at radius 3 is 2.75 bits per heavy atom. The zero-order valence-corrected chi connectivity index (χ0v) is 18.7. The smallest absolute Gasteiger partial charge is 0.164 e. The number of thioether (sulfide) groups is 1. The summed E-state index contributed by atoms with van der Waals surface area (Å²) in [4.78, 5) is 6.79. The number of nitrogens with zero attached hydrogens (tertiary/aromatic N) is 2. The predicted octanol–water partition coefficient (Wildman–Crippen LogP) is 4.48. The molecule has 2 aromatic carbocycles. The number of aryl methyl sites for hydroxylation is 2. The van der Waals surface area contributed by atoms with Crippen LogP contribution in [0.3, 0.4) is 0 Å². The van der Waals surface area contributed by atoms with E-state index >= 15 is 0 Å². The minimum Gasteiger partial charge on any atom is -0.315 e. The second-order valence-corrected chi connectivity index (χ2v) is 11.3. The molecule has 4 rings (SSSR count). The Hall–Kier alpha value is -1.38. The Bertz CT molecular complexity index is 1070. The lowest BCUT2D eigenvalue weighted by Crippen LogP contribution is -2.39. The van der Waals surface area contributed by atoms with Crippen molar-refractivity contribution in [3.05, 3.63) is 63.4 Å². The summed E-state index contributed by atoms with van der Waals surface area (Å²) in [7, 11) is -3.09. The number of fused-ring (bicyclic) bond motifs is 1. The van der Waals surface area contributed by atoms with Crippen LogP contribution in [0.5, 0.6) is 0 Å². The maximum atomic E-state index is 14.2. The van der Waals surface area contributed by atoms with Crippen molar-refractivity contribution >= 4 is 48.4 Å². The summed E-state index contributed by atoms with van der Waals surface area (Å²) in [5, 5.41) is 0.765. The molecule has 148 valence electrons. The maximum Gasteiger partial charge on any atom is 0.164 e. The van der Waals surface area contributed by atoms with E-state index in [2.05, 4.69) is 26.9 Å². The molecule has 28 heavy (non-hydrogen) atoms. The van der Waals surface area contributed by atoms with Crippen LogP contribution < -0.4 is 4.90 Å². The molecule has 2 atom stereocenters. The summed E-state index contributed by atoms with van der Waals surface area (Å²) in [5.41, 5.74) is 3.75. The molecule has 1 saturated heterocycles. The normalized spacial score (nSPS) is 23.0. The molecule has 4 nitrogen and oxygen atoms in total. The molecule has 2 aliphatic heterocycles. The van der Waals surface area contributed by atoms with Crippen molar-refractivity contribution in [1.82, 2.24) is 0 Å². The summed E-state index contributed by atoms with van der Waals surface area (Å²) < 4.78 is 39.3. The molecule has 0 radical (unpaired) electrons. The van der Waals surface area contributed by atoms with Gasteiger partial charge in [-0.2, -0.15) is 0 Å². The third-order valence-electron chi connectivity index (χ3n) is 5.10. The minimum absolute atomic E-state index is 0.0791. The van der Waals surface area contributed by atoms with Gasteiger partial charge in [0.2, 0.25) is 0 Å². The lowest BCUT2D eigenvalue weighted by Gasteiger charge is -2.28. The van der Waals surface area contributed by atoms with E-state index < -0.39 is 9.84 Å². The van der Waals surface area contributed by atoms with E-state index in [1.54, 1.807) is 6.07 Å². The maximum absolute atomic E-state index is 14.2. The summed E-state index contributed by atoms with van der Waals surface area (Å²) in [6.07, 6.45) is 0. The van der Waals surface area contributed by atoms with Crippen LogP contribution >= 0.6 is 27.7 Å². The highest BCUT2D eigenvalue weighted by Crippen LogP contribution is 2.37. The fourth-order valence-electron chi connectivity index (χ4n) is 3.67. The van der Waals surface area contributed by atoms with E-state index in [9.17, 15) is 12.8 Å². The van der Waals surface area contributed by atoms with Gasteiger partial charge in [0.05, 0.1) is 23.6 Å². The summed E-state index contributed by atoms with van der Waals surface area (Å²) in [5.74, 6) is 0.355. The van der Waals surface area contributed by atoms with E-state index in [0.717, 1.165) is 22.0 Å². The highest BCUT2D eigenvalue weighted by molar-refractivity contribution is 9.10. The molecule has 0 spiro atoms. The number of benzene rings is 2. The first-order valence-electron chi connectivity index (χ1n) is 8.95. The Morgan fingerprint density at radius 1 is 1.21 bits per heavy atom. The highest BCUT2D eigenvalue weighted by atomic mass is 79.9. The number of aliphatic imine (C=N–C) groups is 1. The molecule has 0 N–H and O–H groups in total. The van der Waals surface area contributed by atoms with Crippen LogP contribution in [0, 0.1) is 19.7 Å². The number of rotatable bonds is 3. The molecule has 0 saturated carbocycles. The average Bonchev–Trinajstić information content (AvgIpc) is 3.07. The molecule has 0 amide bonds. The number of sulfone groups is 1. The van der Waals surface area contributed by atoms with Gasteiger partial charge in [-0.15, -0.1) is 0 Å². The first kappa shape index (κ1) is 19.9. The predicted molar refractivity (Wildman–Crippen MR) is 117 cm³/mol. The third kappa shape index (κ3) is 3.86. The molecule has 8 heteroatoms. The molecule has 1 fully saturated rings. The van der Waals surface area contributed by atoms with Gasteiger partial charge in [0.15, 0.2) is 15.0 Å². The van der Waals surface area contributed by atoms with Crippen LogP contribution in [0.15, 0.2) is 45.9 Å². The van der Waals surface area contributed by atoms with Gasteiger partial charge in [0, 0.05) is 15.9 Å². The van der Waals surface area contributed by atoms with Gasteiger partial charge >= 0.3 is 0 Å². The van der Waals surface area contributed by atoms with E-state index in [0.29, 0.717) is 15.8 Å². The van der Waals surface area contributed by atoms with Gasteiger partial charge in [-0.3, -0.25) is 4.99 Å². The third-order valence-corrected chi connectivity index (χ3v) is 8.31. The Labute approximate surface area is 177 Å². The highest BCUT2D eigenvalue weighted by Gasteiger charge is 2.47. The lowest BCUT2D eigenvalue weighted by molar-refractivity contribution is 0.601. The SMILES string of the molecule is Cc1ccc(C)c(N2C(SCc3ccc(Br)cc3F)=N[C@H]3CS(=O)(=O)C[C@H]32)c1. The monoisotopic (exact) mass is 482 g/mol. The summed E-state index contributed by atoms with van der Waals surface area (Å²) in [6, 6.07) is 10.7. The van der Waals surface area contributed by atoms with Gasteiger partial charge in [-0.1, -0.05) is 45.9 Å². The van der Waals surface area contributed by atoms with Gasteiger partial charge in [-0.25, -0.2) is 12.8 Å². The largest absolute Gasteiger partial charge is 0.315 e. The van der Waals surface area contributed by atoms with Crippen molar-refractivity contribution < 1.29 is 12.8 Å². The second-order valence-electron chi connectivity index (χ2n) is 7.31. The molecular formula is C20H20BrFN2O2S2. The van der Waals surface area contributed by atoms with Crippen molar-refractivity contribution in [2.45, 2.75) is 31.7 Å². The Morgan fingerprint density at radius 2 is 2.00 bits per heavy atom. The Balaban J connectivity index is 1.66. The molecule has 0 bridgehead atoms. The average molecular weight is 483 g/mol. The van der Waals surface area contributed by atoms with Gasteiger partial charge in [-0.05, 0) is 48.7 Å². The topological polar surface area (TPSA) is 49.7 Å². The number of hydrogen-bond acceptors (Lipinski definition) is 5. The van der Waals surface area contributed by atoms with E-state index in [4.69, 9.17) is 4.99 Å². The van der Waals surface area contributed by atoms with Crippen LogP contribution in [0.1, 0.15) is 16.7 Å². The molecule has 0 unspecified atom stereocenters. The van der Waals surface area contributed by atoms with Crippen LogP contribution in [0.4, 0.5) is 10.1 Å². The summed E-state index contributed by atoms with van der Waals surface area (Å²) >= 11 is 4.73. The number of anilines is 1. The molecule has 0 aliphatic carbocycles. The first-order chi connectivity index (χ1) is 13.2. The quantitative estimate of drug-likeness (QED) is 0.646. The van der Waals surface area contributed by atoms with E-state index in [-0.39, 0.29) is 29.4 Å². The van der Waals surface area contributed by atoms with E-state index in [1.807, 2.05) is 32.0 Å². The first-order valence-corrected chi connectivity index (χ1v) is 12.5. The standard InChI is InChI=1S/C20H20BrFN2O2S2/c1-12-3-4-13(2)18(7-12)24-19-11-28(25,26)10-17(19)23-20(24)27-9-14-5-6-15(21)8-16(14)22/h3-8,17,19H,9-11H2,1-2H3/t17-,19+/m0/s1. The van der Waals surface area contributed by atoms with E-state index in [1.165, 1.54) is 17.8 Å². The lowest BCUT2D eigenvalue weighted by atomic mass is 10.1. The molecular weight excluding hydrogens is 463 g/mol. The van der Waals surface area contributed by atoms with Crippen LogP contribution in [-0.2, 0) is 15.6 Å². The Kier molecular flexibility index (Phi) is 5.31. The minimum atomic E-state index is -3.09. The number of amidine groups is 1. The molecule has 2 aromatic rings. The van der Waals surface area contributed by atoms with Crippen molar-refractivity contribution in [2.75, 3.05) is 16.4 Å². The van der Waals surface area contributed by atoms with Crippen LogP contribution in [0.2, 0.25) is 0 Å².